The Hall–Kier alpha value is -1.52. The second-order valence-electron chi connectivity index (χ2n) is 4.15. The minimum atomic E-state index is -0.270. The van der Waals surface area contributed by atoms with Crippen molar-refractivity contribution in [3.05, 3.63) is 36.0 Å². The molecule has 1 aromatic heterocycles. The fourth-order valence-corrected chi connectivity index (χ4v) is 2.15. The Bertz CT molecular complexity index is 539. The summed E-state index contributed by atoms with van der Waals surface area (Å²) in [6.45, 7) is 0. The largest absolute Gasteiger partial charge is 0.469 e. The SMILES string of the molecule is COC(=O)C[C@@H](Cc1c[nH]c2ccccc12)NCl. The van der Waals surface area contributed by atoms with E-state index in [4.69, 9.17) is 11.8 Å². The third-order valence-corrected chi connectivity index (χ3v) is 3.24. The van der Waals surface area contributed by atoms with Crippen molar-refractivity contribution >= 4 is 28.6 Å². The summed E-state index contributed by atoms with van der Waals surface area (Å²) in [6, 6.07) is 7.89. The Morgan fingerprint density at radius 2 is 2.28 bits per heavy atom. The molecule has 2 aromatic rings. The summed E-state index contributed by atoms with van der Waals surface area (Å²) in [6.07, 6.45) is 2.87. The molecule has 4 nitrogen and oxygen atoms in total. The molecule has 0 saturated carbocycles. The fraction of sp³-hybridized carbons (Fsp3) is 0.308. The van der Waals surface area contributed by atoms with Crippen molar-refractivity contribution in [1.82, 2.24) is 9.82 Å². The van der Waals surface area contributed by atoms with E-state index in [1.54, 1.807) is 0 Å². The molecule has 2 N–H and O–H groups in total. The van der Waals surface area contributed by atoms with Crippen LogP contribution in [-0.4, -0.2) is 24.1 Å². The molecule has 0 radical (unpaired) electrons. The molecule has 5 heteroatoms. The van der Waals surface area contributed by atoms with Crippen LogP contribution in [0.1, 0.15) is 12.0 Å². The van der Waals surface area contributed by atoms with E-state index >= 15 is 0 Å². The van der Waals surface area contributed by atoms with Crippen molar-refractivity contribution in [3.63, 3.8) is 0 Å². The van der Waals surface area contributed by atoms with Gasteiger partial charge in [-0.3, -0.25) is 4.79 Å². The molecule has 96 valence electrons. The molecular weight excluding hydrogens is 252 g/mol. The molecule has 0 amide bonds. The van der Waals surface area contributed by atoms with Crippen molar-refractivity contribution in [3.8, 4) is 0 Å². The van der Waals surface area contributed by atoms with E-state index in [2.05, 4.69) is 14.6 Å². The molecule has 1 aromatic carbocycles. The van der Waals surface area contributed by atoms with Gasteiger partial charge in [0.25, 0.3) is 0 Å². The van der Waals surface area contributed by atoms with E-state index in [1.807, 2.05) is 30.5 Å². The standard InChI is InChI=1S/C13H15ClN2O2/c1-18-13(17)7-10(16-14)6-9-8-15-12-5-3-2-4-11(9)12/h2-5,8,10,15-16H,6-7H2,1H3/t10-/m1/s1. The number of aromatic nitrogens is 1. The van der Waals surface area contributed by atoms with Gasteiger partial charge < -0.3 is 9.72 Å². The van der Waals surface area contributed by atoms with Gasteiger partial charge in [0, 0.05) is 23.1 Å². The van der Waals surface area contributed by atoms with Crippen LogP contribution in [0.2, 0.25) is 0 Å². The van der Waals surface area contributed by atoms with E-state index in [9.17, 15) is 4.79 Å². The number of carbonyl (C=O) groups excluding carboxylic acids is 1. The number of nitrogens with one attached hydrogen (secondary N) is 2. The lowest BCUT2D eigenvalue weighted by molar-refractivity contribution is -0.141. The second-order valence-corrected chi connectivity index (χ2v) is 4.37. The predicted octanol–water partition coefficient (Wildman–Crippen LogP) is 2.39. The van der Waals surface area contributed by atoms with Crippen LogP contribution in [0.3, 0.4) is 0 Å². The zero-order valence-corrected chi connectivity index (χ0v) is 10.8. The molecule has 0 aliphatic rings. The van der Waals surface area contributed by atoms with Crippen molar-refractivity contribution < 1.29 is 9.53 Å². The zero-order chi connectivity index (χ0) is 13.0. The van der Waals surface area contributed by atoms with Crippen LogP contribution in [0.5, 0.6) is 0 Å². The average Bonchev–Trinajstić information content (AvgIpc) is 2.81. The summed E-state index contributed by atoms with van der Waals surface area (Å²) in [5, 5.41) is 1.15. The molecule has 0 saturated heterocycles. The van der Waals surface area contributed by atoms with Crippen LogP contribution >= 0.6 is 11.8 Å². The van der Waals surface area contributed by atoms with Gasteiger partial charge in [-0.15, -0.1) is 0 Å². The van der Waals surface area contributed by atoms with Gasteiger partial charge in [0.05, 0.1) is 13.5 Å². The molecule has 18 heavy (non-hydrogen) atoms. The smallest absolute Gasteiger partial charge is 0.307 e. The first kappa shape index (κ1) is 12.9. The van der Waals surface area contributed by atoms with Crippen LogP contribution in [-0.2, 0) is 16.0 Å². The van der Waals surface area contributed by atoms with Crippen molar-refractivity contribution in [2.75, 3.05) is 7.11 Å². The highest BCUT2D eigenvalue weighted by molar-refractivity contribution is 6.13. The number of fused-ring (bicyclic) bond motifs is 1. The molecule has 0 unspecified atom stereocenters. The first-order valence-electron chi connectivity index (χ1n) is 5.72. The van der Waals surface area contributed by atoms with Crippen molar-refractivity contribution in [2.24, 2.45) is 0 Å². The lowest BCUT2D eigenvalue weighted by Gasteiger charge is -2.12. The van der Waals surface area contributed by atoms with E-state index < -0.39 is 0 Å². The normalized spacial score (nSPS) is 12.6. The number of halogens is 1. The Balaban J connectivity index is 2.14. The molecule has 0 bridgehead atoms. The van der Waals surface area contributed by atoms with Gasteiger partial charge in [-0.2, -0.15) is 0 Å². The van der Waals surface area contributed by atoms with Crippen molar-refractivity contribution in [2.45, 2.75) is 18.9 Å². The number of hydrogen-bond acceptors (Lipinski definition) is 3. The number of rotatable bonds is 5. The van der Waals surface area contributed by atoms with E-state index in [1.165, 1.54) is 7.11 Å². The summed E-state index contributed by atoms with van der Waals surface area (Å²) in [7, 11) is 1.37. The number of ether oxygens (including phenoxy) is 1. The molecule has 0 spiro atoms. The first-order chi connectivity index (χ1) is 8.74. The number of carbonyl (C=O) groups is 1. The highest BCUT2D eigenvalue weighted by Crippen LogP contribution is 2.19. The van der Waals surface area contributed by atoms with E-state index in [0.717, 1.165) is 16.5 Å². The fourth-order valence-electron chi connectivity index (χ4n) is 2.00. The Morgan fingerprint density at radius 3 is 3.00 bits per heavy atom. The van der Waals surface area contributed by atoms with Crippen molar-refractivity contribution in [1.29, 1.82) is 0 Å². The number of esters is 1. The highest BCUT2D eigenvalue weighted by atomic mass is 35.5. The zero-order valence-electron chi connectivity index (χ0n) is 10.1. The lowest BCUT2D eigenvalue weighted by Crippen LogP contribution is -2.27. The van der Waals surface area contributed by atoms with Crippen LogP contribution in [0.15, 0.2) is 30.5 Å². The van der Waals surface area contributed by atoms with E-state index in [0.29, 0.717) is 6.42 Å². The van der Waals surface area contributed by atoms with Gasteiger partial charge in [0.1, 0.15) is 0 Å². The van der Waals surface area contributed by atoms with Gasteiger partial charge in [-0.05, 0) is 29.8 Å². The highest BCUT2D eigenvalue weighted by Gasteiger charge is 2.15. The Morgan fingerprint density at radius 1 is 1.50 bits per heavy atom. The van der Waals surface area contributed by atoms with Crippen LogP contribution in [0.25, 0.3) is 10.9 Å². The summed E-state index contributed by atoms with van der Waals surface area (Å²) in [5.74, 6) is -0.270. The van der Waals surface area contributed by atoms with Gasteiger partial charge in [-0.1, -0.05) is 18.2 Å². The van der Waals surface area contributed by atoms with Gasteiger partial charge in [0.2, 0.25) is 0 Å². The van der Waals surface area contributed by atoms with E-state index in [-0.39, 0.29) is 18.4 Å². The maximum Gasteiger partial charge on any atom is 0.307 e. The molecule has 2 rings (SSSR count). The molecular formula is C13H15ClN2O2. The maximum absolute atomic E-state index is 11.2. The van der Waals surface area contributed by atoms with Gasteiger partial charge >= 0.3 is 5.97 Å². The quantitative estimate of drug-likeness (QED) is 0.645. The molecule has 0 aliphatic carbocycles. The molecule has 0 aliphatic heterocycles. The number of H-pyrrole nitrogens is 1. The third kappa shape index (κ3) is 2.83. The number of benzene rings is 1. The lowest BCUT2D eigenvalue weighted by atomic mass is 10.0. The Kier molecular flexibility index (Phi) is 4.23. The predicted molar refractivity (Wildman–Crippen MR) is 71.4 cm³/mol. The number of para-hydroxylation sites is 1. The third-order valence-electron chi connectivity index (χ3n) is 2.94. The van der Waals surface area contributed by atoms with Crippen LogP contribution in [0.4, 0.5) is 0 Å². The monoisotopic (exact) mass is 266 g/mol. The summed E-state index contributed by atoms with van der Waals surface area (Å²) in [5.41, 5.74) is 2.21. The average molecular weight is 267 g/mol. The number of hydrogen-bond donors (Lipinski definition) is 2. The Labute approximate surface area is 110 Å². The molecule has 0 fully saturated rings. The summed E-state index contributed by atoms with van der Waals surface area (Å²) < 4.78 is 4.64. The minimum Gasteiger partial charge on any atom is -0.469 e. The minimum absolute atomic E-state index is 0.140. The van der Waals surface area contributed by atoms with Gasteiger partial charge in [0.15, 0.2) is 0 Å². The number of methoxy groups -OCH3 is 1. The first-order valence-corrected chi connectivity index (χ1v) is 6.10. The van der Waals surface area contributed by atoms with Crippen LogP contribution < -0.4 is 4.84 Å². The van der Waals surface area contributed by atoms with Crippen LogP contribution in [0, 0.1) is 0 Å². The molecule has 1 atom stereocenters. The summed E-state index contributed by atoms with van der Waals surface area (Å²) >= 11 is 5.67. The number of aromatic amines is 1. The van der Waals surface area contributed by atoms with Gasteiger partial charge in [-0.25, -0.2) is 4.84 Å². The topological polar surface area (TPSA) is 54.1 Å². The summed E-state index contributed by atoms with van der Waals surface area (Å²) in [4.78, 5) is 17.1. The molecule has 1 heterocycles. The second kappa shape index (κ2) is 5.89. The maximum atomic E-state index is 11.2.